The third-order valence-corrected chi connectivity index (χ3v) is 11.3. The van der Waals surface area contributed by atoms with Crippen molar-refractivity contribution in [2.45, 2.75) is 224 Å². The lowest BCUT2D eigenvalue weighted by atomic mass is 9.85. The molecule has 0 aromatic carbocycles. The maximum atomic E-state index is 12.8. The molecule has 0 aliphatic heterocycles. The van der Waals surface area contributed by atoms with Crippen LogP contribution in [0.5, 0.6) is 0 Å². The first-order chi connectivity index (χ1) is 27.4. The normalized spacial score (nSPS) is 22.9. The average molecular weight is 835 g/mol. The van der Waals surface area contributed by atoms with E-state index in [1.54, 1.807) is 0 Å². The van der Waals surface area contributed by atoms with Gasteiger partial charge in [-0.05, 0) is 44.9 Å². The predicted octanol–water partition coefficient (Wildman–Crippen LogP) is 8.06. The molecule has 0 amide bonds. The summed E-state index contributed by atoms with van der Waals surface area (Å²) in [6, 6.07) is 0. The maximum absolute atomic E-state index is 12.8. The van der Waals surface area contributed by atoms with Crippen LogP contribution >= 0.6 is 7.82 Å². The van der Waals surface area contributed by atoms with E-state index in [2.05, 4.69) is 38.2 Å². The summed E-state index contributed by atoms with van der Waals surface area (Å²) >= 11 is 0. The molecule has 0 spiro atoms. The fraction of sp³-hybridized carbons (Fsp3) is 0.860. The Hall–Kier alpha value is -1.67. The highest BCUT2D eigenvalue weighted by molar-refractivity contribution is 7.47. The van der Waals surface area contributed by atoms with Crippen LogP contribution in [-0.4, -0.2) is 98.3 Å². The monoisotopic (exact) mass is 835 g/mol. The smallest absolute Gasteiger partial charge is 0.462 e. The van der Waals surface area contributed by atoms with Crippen LogP contribution in [0.15, 0.2) is 24.3 Å². The molecule has 0 aromatic heterocycles. The predicted molar refractivity (Wildman–Crippen MR) is 221 cm³/mol. The summed E-state index contributed by atoms with van der Waals surface area (Å²) in [4.78, 5) is 35.6. The maximum Gasteiger partial charge on any atom is 0.472 e. The molecule has 1 aliphatic rings. The second-order valence-electron chi connectivity index (χ2n) is 15.6. The molecule has 1 aliphatic carbocycles. The molecule has 0 bridgehead atoms. The molecule has 1 rings (SSSR count). The van der Waals surface area contributed by atoms with Gasteiger partial charge in [0, 0.05) is 12.8 Å². The van der Waals surface area contributed by atoms with Gasteiger partial charge in [0.25, 0.3) is 0 Å². The van der Waals surface area contributed by atoms with E-state index in [0.717, 1.165) is 64.2 Å². The quantitative estimate of drug-likeness (QED) is 0.0153. The van der Waals surface area contributed by atoms with Crippen LogP contribution < -0.4 is 0 Å². The second kappa shape index (κ2) is 34.1. The fourth-order valence-corrected chi connectivity index (χ4v) is 7.64. The third kappa shape index (κ3) is 26.9. The lowest BCUT2D eigenvalue weighted by Gasteiger charge is -2.41. The number of esters is 2. The molecular formula is C43H79O13P. The summed E-state index contributed by atoms with van der Waals surface area (Å²) in [7, 11) is -5.11. The van der Waals surface area contributed by atoms with Crippen molar-refractivity contribution < 1.29 is 63.1 Å². The van der Waals surface area contributed by atoms with E-state index in [-0.39, 0.29) is 12.8 Å². The number of unbranched alkanes of at least 4 members (excludes halogenated alkanes) is 20. The van der Waals surface area contributed by atoms with Crippen LogP contribution in [0.2, 0.25) is 0 Å². The number of carbonyl (C=O) groups excluding carboxylic acids is 2. The lowest BCUT2D eigenvalue weighted by molar-refractivity contribution is -0.220. The zero-order valence-electron chi connectivity index (χ0n) is 35.1. The van der Waals surface area contributed by atoms with E-state index in [4.69, 9.17) is 18.5 Å². The van der Waals surface area contributed by atoms with E-state index in [1.807, 2.05) is 0 Å². The van der Waals surface area contributed by atoms with Gasteiger partial charge in [-0.2, -0.15) is 0 Å². The van der Waals surface area contributed by atoms with Crippen molar-refractivity contribution in [2.24, 2.45) is 0 Å². The minimum absolute atomic E-state index is 0.0831. The molecule has 14 heteroatoms. The van der Waals surface area contributed by atoms with Crippen LogP contribution in [0.4, 0.5) is 0 Å². The van der Waals surface area contributed by atoms with Gasteiger partial charge in [-0.3, -0.25) is 18.6 Å². The first-order valence-corrected chi connectivity index (χ1v) is 23.6. The summed E-state index contributed by atoms with van der Waals surface area (Å²) < 4.78 is 33.5. The number of aliphatic hydroxyl groups is 5. The standard InChI is InChI=1S/C43H79O13P/c1-3-5-7-9-11-13-15-17-18-20-22-24-26-28-30-32-37(45)55-35(34-54-57(51,52)56-43-41(49)39(47)38(46)40(48)42(43)50)33-53-36(44)31-29-27-25-23-21-19-16-14-12-10-8-6-4-2/h11,13,17-18,35,38-43,46-50H,3-10,12,14-16,19-34H2,1-2H3,(H,51,52)/b13-11+,18-17+/t35-,38?,39-,40+,41+,42+,43?/m0/s1. The van der Waals surface area contributed by atoms with E-state index in [1.165, 1.54) is 77.0 Å². The zero-order valence-corrected chi connectivity index (χ0v) is 36.0. The third-order valence-electron chi connectivity index (χ3n) is 10.3. The molecule has 0 heterocycles. The molecule has 6 N–H and O–H groups in total. The van der Waals surface area contributed by atoms with Gasteiger partial charge in [-0.1, -0.05) is 147 Å². The number of phosphoric ester groups is 1. The minimum atomic E-state index is -5.11. The highest BCUT2D eigenvalue weighted by atomic mass is 31.2. The fourth-order valence-electron chi connectivity index (χ4n) is 6.67. The molecule has 3 unspecified atom stereocenters. The molecule has 13 nitrogen and oxygen atoms in total. The Morgan fingerprint density at radius 1 is 0.544 bits per heavy atom. The van der Waals surface area contributed by atoms with Crippen molar-refractivity contribution in [1.29, 1.82) is 0 Å². The van der Waals surface area contributed by atoms with Gasteiger partial charge < -0.3 is 39.9 Å². The van der Waals surface area contributed by atoms with E-state index in [9.17, 15) is 44.6 Å². The molecule has 0 saturated heterocycles. The number of hydrogen-bond donors (Lipinski definition) is 6. The number of rotatable bonds is 36. The summed E-state index contributed by atoms with van der Waals surface area (Å²) in [6.45, 7) is 3.25. The first kappa shape index (κ1) is 53.3. The summed E-state index contributed by atoms with van der Waals surface area (Å²) in [5.41, 5.74) is 0. The largest absolute Gasteiger partial charge is 0.472 e. The molecule has 1 fully saturated rings. The Bertz CT molecular complexity index is 1100. The molecule has 0 aromatic rings. The van der Waals surface area contributed by atoms with Gasteiger partial charge in [0.15, 0.2) is 6.10 Å². The van der Waals surface area contributed by atoms with Crippen LogP contribution in [0.3, 0.4) is 0 Å². The van der Waals surface area contributed by atoms with Crippen LogP contribution in [0, 0.1) is 0 Å². The molecule has 1 saturated carbocycles. The highest BCUT2D eigenvalue weighted by Gasteiger charge is 2.51. The van der Waals surface area contributed by atoms with E-state index < -0.39 is 75.7 Å². The van der Waals surface area contributed by atoms with Crippen molar-refractivity contribution in [1.82, 2.24) is 0 Å². The molecule has 334 valence electrons. The Kier molecular flexibility index (Phi) is 31.9. The minimum Gasteiger partial charge on any atom is -0.462 e. The highest BCUT2D eigenvalue weighted by Crippen LogP contribution is 2.47. The van der Waals surface area contributed by atoms with Gasteiger partial charge in [-0.15, -0.1) is 0 Å². The first-order valence-electron chi connectivity index (χ1n) is 22.1. The van der Waals surface area contributed by atoms with Gasteiger partial charge in [0.05, 0.1) is 6.61 Å². The van der Waals surface area contributed by atoms with Crippen molar-refractivity contribution in [3.05, 3.63) is 24.3 Å². The Labute approximate surface area is 343 Å². The lowest BCUT2D eigenvalue weighted by Crippen LogP contribution is -2.64. The molecule has 0 radical (unpaired) electrons. The van der Waals surface area contributed by atoms with Gasteiger partial charge in [0.1, 0.15) is 43.2 Å². The number of ether oxygens (including phenoxy) is 2. The molecule has 57 heavy (non-hydrogen) atoms. The van der Waals surface area contributed by atoms with Crippen molar-refractivity contribution in [3.8, 4) is 0 Å². The van der Waals surface area contributed by atoms with Gasteiger partial charge in [-0.25, -0.2) is 4.57 Å². The van der Waals surface area contributed by atoms with Gasteiger partial charge >= 0.3 is 19.8 Å². The van der Waals surface area contributed by atoms with Crippen LogP contribution in [0.25, 0.3) is 0 Å². The number of hydrogen-bond acceptors (Lipinski definition) is 12. The average Bonchev–Trinajstić information content (AvgIpc) is 3.19. The van der Waals surface area contributed by atoms with Crippen molar-refractivity contribution >= 4 is 19.8 Å². The molecule has 8 atom stereocenters. The SMILES string of the molecule is CCCCC/C=C/C/C=C/CCCCCCCC(=O)O[C@@H](COC(=O)CCCCCCCCCCCCCCC)COP(=O)(O)OC1[C@H](O)[C@H](O)C(O)[C@H](O)[C@H]1O. The van der Waals surface area contributed by atoms with E-state index in [0.29, 0.717) is 12.8 Å². The Morgan fingerprint density at radius 3 is 1.46 bits per heavy atom. The topological polar surface area (TPSA) is 210 Å². The van der Waals surface area contributed by atoms with Crippen molar-refractivity contribution in [2.75, 3.05) is 13.2 Å². The zero-order chi connectivity index (χ0) is 42.2. The number of aliphatic hydroxyl groups excluding tert-OH is 5. The number of phosphoric acid groups is 1. The summed E-state index contributed by atoms with van der Waals surface area (Å²) in [6.07, 6.45) is 22.3. The van der Waals surface area contributed by atoms with Gasteiger partial charge in [0.2, 0.25) is 0 Å². The Morgan fingerprint density at radius 2 is 0.947 bits per heavy atom. The van der Waals surface area contributed by atoms with E-state index >= 15 is 0 Å². The van der Waals surface area contributed by atoms with Crippen LogP contribution in [-0.2, 0) is 32.7 Å². The second-order valence-corrected chi connectivity index (χ2v) is 17.0. The van der Waals surface area contributed by atoms with Crippen LogP contribution in [0.1, 0.15) is 181 Å². The number of allylic oxidation sites excluding steroid dienone is 4. The Balaban J connectivity index is 2.49. The molecular weight excluding hydrogens is 755 g/mol. The summed E-state index contributed by atoms with van der Waals surface area (Å²) in [5, 5.41) is 50.1. The van der Waals surface area contributed by atoms with Crippen molar-refractivity contribution in [3.63, 3.8) is 0 Å². The summed E-state index contributed by atoms with van der Waals surface area (Å²) in [5.74, 6) is -1.11. The number of carbonyl (C=O) groups is 2.